The fourth-order valence-corrected chi connectivity index (χ4v) is 2.81. The molecule has 0 radical (unpaired) electrons. The van der Waals surface area contributed by atoms with E-state index in [1.165, 1.54) is 18.7 Å². The van der Waals surface area contributed by atoms with Gasteiger partial charge in [-0.15, -0.1) is 0 Å². The van der Waals surface area contributed by atoms with Gasteiger partial charge in [-0.3, -0.25) is 9.59 Å². The zero-order valence-electron chi connectivity index (χ0n) is 9.41. The van der Waals surface area contributed by atoms with Crippen LogP contribution in [-0.4, -0.2) is 21.8 Å². The Morgan fingerprint density at radius 2 is 2.18 bits per heavy atom. The molecule has 2 unspecified atom stereocenters. The number of pyridine rings is 1. The van der Waals surface area contributed by atoms with Crippen molar-refractivity contribution in [2.45, 2.75) is 36.6 Å². The summed E-state index contributed by atoms with van der Waals surface area (Å²) in [6.07, 6.45) is 5.91. The number of aromatic amines is 1. The maximum atomic E-state index is 11.9. The quantitative estimate of drug-likeness (QED) is 0.818. The summed E-state index contributed by atoms with van der Waals surface area (Å²) in [5.74, 6) is -0.174. The first-order valence-corrected chi connectivity index (χ1v) is 6.72. The van der Waals surface area contributed by atoms with Crippen LogP contribution in [0.4, 0.5) is 0 Å². The Morgan fingerprint density at radius 3 is 2.88 bits per heavy atom. The number of H-pyrrole nitrogens is 1. The van der Waals surface area contributed by atoms with Crippen LogP contribution in [0.1, 0.15) is 36.0 Å². The van der Waals surface area contributed by atoms with Gasteiger partial charge < -0.3 is 10.3 Å². The maximum Gasteiger partial charge on any atom is 0.251 e. The van der Waals surface area contributed by atoms with Gasteiger partial charge in [0.2, 0.25) is 5.56 Å². The van der Waals surface area contributed by atoms with Gasteiger partial charge in [0.1, 0.15) is 0 Å². The topological polar surface area (TPSA) is 62.0 Å². The Kier molecular flexibility index (Phi) is 3.99. The molecule has 0 bridgehead atoms. The molecule has 1 heterocycles. The minimum Gasteiger partial charge on any atom is -0.348 e. The van der Waals surface area contributed by atoms with Crippen LogP contribution in [0.25, 0.3) is 0 Å². The van der Waals surface area contributed by atoms with Crippen LogP contribution >= 0.6 is 15.9 Å². The molecular weight excluding hydrogens is 284 g/mol. The lowest BCUT2D eigenvalue weighted by Crippen LogP contribution is -2.42. The molecule has 1 aromatic heterocycles. The van der Waals surface area contributed by atoms with Crippen molar-refractivity contribution in [1.82, 2.24) is 10.3 Å². The Labute approximate surface area is 108 Å². The number of hydrogen-bond acceptors (Lipinski definition) is 2. The third-order valence-corrected chi connectivity index (χ3v) is 4.13. The first-order chi connectivity index (χ1) is 8.16. The van der Waals surface area contributed by atoms with Gasteiger partial charge in [0.25, 0.3) is 5.91 Å². The largest absolute Gasteiger partial charge is 0.348 e. The van der Waals surface area contributed by atoms with Crippen LogP contribution in [0.2, 0.25) is 0 Å². The number of hydrogen-bond donors (Lipinski definition) is 2. The zero-order chi connectivity index (χ0) is 12.3. The maximum absolute atomic E-state index is 11.9. The van der Waals surface area contributed by atoms with E-state index >= 15 is 0 Å². The van der Waals surface area contributed by atoms with E-state index < -0.39 is 0 Å². The molecule has 0 spiro atoms. The molecule has 0 aromatic carbocycles. The van der Waals surface area contributed by atoms with E-state index in [0.29, 0.717) is 10.4 Å². The van der Waals surface area contributed by atoms with Crippen LogP contribution in [0.3, 0.4) is 0 Å². The fraction of sp³-hybridized carbons (Fsp3) is 0.500. The first kappa shape index (κ1) is 12.4. The van der Waals surface area contributed by atoms with Gasteiger partial charge >= 0.3 is 0 Å². The summed E-state index contributed by atoms with van der Waals surface area (Å²) in [5.41, 5.74) is 0.163. The normalized spacial score (nSPS) is 24.3. The van der Waals surface area contributed by atoms with Crippen LogP contribution in [-0.2, 0) is 0 Å². The molecule has 2 atom stereocenters. The summed E-state index contributed by atoms with van der Waals surface area (Å²) in [4.78, 5) is 25.9. The molecule has 4 nitrogen and oxygen atoms in total. The van der Waals surface area contributed by atoms with E-state index in [9.17, 15) is 9.59 Å². The molecule has 1 amide bonds. The lowest BCUT2D eigenvalue weighted by molar-refractivity contribution is 0.0929. The number of carbonyl (C=O) groups is 1. The zero-order valence-corrected chi connectivity index (χ0v) is 11.0. The van der Waals surface area contributed by atoms with Crippen molar-refractivity contribution in [3.05, 3.63) is 34.2 Å². The summed E-state index contributed by atoms with van der Waals surface area (Å²) < 4.78 is 0. The van der Waals surface area contributed by atoms with E-state index in [4.69, 9.17) is 0 Å². The van der Waals surface area contributed by atoms with Crippen LogP contribution in [0, 0.1) is 0 Å². The molecule has 17 heavy (non-hydrogen) atoms. The summed E-state index contributed by atoms with van der Waals surface area (Å²) in [6.45, 7) is 0. The summed E-state index contributed by atoms with van der Waals surface area (Å²) in [6, 6.07) is 3.10. The van der Waals surface area contributed by atoms with Crippen LogP contribution in [0.5, 0.6) is 0 Å². The minimum atomic E-state index is -0.253. The van der Waals surface area contributed by atoms with Crippen LogP contribution in [0.15, 0.2) is 23.1 Å². The summed E-state index contributed by atoms with van der Waals surface area (Å²) in [7, 11) is 0. The van der Waals surface area contributed by atoms with Gasteiger partial charge in [0, 0.05) is 28.7 Å². The molecule has 1 aromatic rings. The number of halogens is 1. The van der Waals surface area contributed by atoms with Crippen molar-refractivity contribution >= 4 is 21.8 Å². The average Bonchev–Trinajstić information content (AvgIpc) is 2.32. The monoisotopic (exact) mass is 298 g/mol. The molecule has 0 aliphatic heterocycles. The smallest absolute Gasteiger partial charge is 0.251 e. The minimum absolute atomic E-state index is 0.163. The van der Waals surface area contributed by atoms with Gasteiger partial charge in [-0.05, 0) is 18.9 Å². The van der Waals surface area contributed by atoms with Gasteiger partial charge in [-0.2, -0.15) is 0 Å². The van der Waals surface area contributed by atoms with Crippen molar-refractivity contribution in [3.63, 3.8) is 0 Å². The highest BCUT2D eigenvalue weighted by Crippen LogP contribution is 2.24. The van der Waals surface area contributed by atoms with Crippen molar-refractivity contribution in [2.75, 3.05) is 0 Å². The lowest BCUT2D eigenvalue weighted by Gasteiger charge is -2.28. The highest BCUT2D eigenvalue weighted by atomic mass is 79.9. The summed E-state index contributed by atoms with van der Waals surface area (Å²) in [5, 5.41) is 2.97. The molecule has 1 aliphatic rings. The molecule has 2 N–H and O–H groups in total. The first-order valence-electron chi connectivity index (χ1n) is 5.80. The number of amides is 1. The highest BCUT2D eigenvalue weighted by molar-refractivity contribution is 9.09. The van der Waals surface area contributed by atoms with Gasteiger partial charge in [0.15, 0.2) is 0 Å². The van der Waals surface area contributed by atoms with Crippen molar-refractivity contribution < 1.29 is 4.79 Å². The Hall–Kier alpha value is -1.10. The molecule has 5 heteroatoms. The number of alkyl halides is 1. The van der Waals surface area contributed by atoms with Crippen molar-refractivity contribution in [1.29, 1.82) is 0 Å². The Bertz CT molecular complexity index is 458. The third kappa shape index (κ3) is 3.19. The predicted octanol–water partition coefficient (Wildman–Crippen LogP) is 1.81. The number of nitrogens with one attached hydrogen (secondary N) is 2. The SMILES string of the molecule is O=C(NC1CCCCC1Br)c1cc[nH]c(=O)c1. The van der Waals surface area contributed by atoms with E-state index in [-0.39, 0.29) is 17.5 Å². The second-order valence-corrected chi connectivity index (χ2v) is 5.50. The highest BCUT2D eigenvalue weighted by Gasteiger charge is 2.24. The van der Waals surface area contributed by atoms with Gasteiger partial charge in [-0.1, -0.05) is 28.8 Å². The van der Waals surface area contributed by atoms with Gasteiger partial charge in [0.05, 0.1) is 0 Å². The summed E-state index contributed by atoms with van der Waals surface area (Å²) >= 11 is 3.59. The van der Waals surface area contributed by atoms with Crippen molar-refractivity contribution in [3.8, 4) is 0 Å². The van der Waals surface area contributed by atoms with E-state index in [1.807, 2.05) is 0 Å². The Balaban J connectivity index is 2.03. The van der Waals surface area contributed by atoms with Crippen molar-refractivity contribution in [2.24, 2.45) is 0 Å². The molecule has 0 saturated heterocycles. The van der Waals surface area contributed by atoms with Gasteiger partial charge in [-0.25, -0.2) is 0 Å². The molecule has 1 fully saturated rings. The molecule has 92 valence electrons. The lowest BCUT2D eigenvalue weighted by atomic mass is 9.95. The standard InChI is InChI=1S/C12H15BrN2O2/c13-9-3-1-2-4-10(9)15-12(17)8-5-6-14-11(16)7-8/h5-7,9-10H,1-4H2,(H,14,16)(H,15,17). The van der Waals surface area contributed by atoms with E-state index in [1.54, 1.807) is 6.07 Å². The second-order valence-electron chi connectivity index (χ2n) is 4.32. The average molecular weight is 299 g/mol. The van der Waals surface area contributed by atoms with E-state index in [2.05, 4.69) is 26.2 Å². The number of aromatic nitrogens is 1. The molecular formula is C12H15BrN2O2. The number of carbonyl (C=O) groups excluding carboxylic acids is 1. The van der Waals surface area contributed by atoms with E-state index in [0.717, 1.165) is 19.3 Å². The fourth-order valence-electron chi connectivity index (χ4n) is 2.09. The molecule has 1 aliphatic carbocycles. The number of rotatable bonds is 2. The molecule has 2 rings (SSSR count). The second kappa shape index (κ2) is 5.49. The Morgan fingerprint density at radius 1 is 1.41 bits per heavy atom. The van der Waals surface area contributed by atoms with Crippen LogP contribution < -0.4 is 10.9 Å². The third-order valence-electron chi connectivity index (χ3n) is 3.04. The molecule has 1 saturated carbocycles. The predicted molar refractivity (Wildman–Crippen MR) is 69.5 cm³/mol.